The lowest BCUT2D eigenvalue weighted by Gasteiger charge is -2.26. The van der Waals surface area contributed by atoms with Gasteiger partial charge in [0, 0.05) is 8.80 Å². The maximum absolute atomic E-state index is 8.63. The summed E-state index contributed by atoms with van der Waals surface area (Å²) >= 11 is 0. The van der Waals surface area contributed by atoms with Crippen molar-refractivity contribution in [2.45, 2.75) is 78.9 Å². The predicted molar refractivity (Wildman–Crippen MR) is 118 cm³/mol. The topological polar surface area (TPSA) is 55.0 Å². The molecule has 3 N–H and O–H groups in total. The van der Waals surface area contributed by atoms with Gasteiger partial charge in [-0.2, -0.15) is 0 Å². The minimum atomic E-state index is -0.454. The van der Waals surface area contributed by atoms with Gasteiger partial charge < -0.3 is 15.5 Å². The molecule has 0 saturated heterocycles. The van der Waals surface area contributed by atoms with Crippen molar-refractivity contribution in [1.29, 1.82) is 0 Å². The van der Waals surface area contributed by atoms with Gasteiger partial charge in [0.25, 0.3) is 0 Å². The van der Waals surface area contributed by atoms with Crippen LogP contribution in [0.15, 0.2) is 30.3 Å². The molecular formula is C21H45NO2Si. The zero-order valence-electron chi connectivity index (χ0n) is 18.2. The summed E-state index contributed by atoms with van der Waals surface area (Å²) < 4.78 is 0. The van der Waals surface area contributed by atoms with Crippen LogP contribution in [0.4, 0.5) is 0 Å². The number of hydrogen-bond acceptors (Lipinski definition) is 2. The minimum Gasteiger partial charge on any atom is -0.508 e. The Morgan fingerprint density at radius 1 is 0.760 bits per heavy atom. The quantitative estimate of drug-likeness (QED) is 0.684. The van der Waals surface area contributed by atoms with E-state index in [2.05, 4.69) is 67.2 Å². The van der Waals surface area contributed by atoms with Gasteiger partial charge in [-0.25, -0.2) is 0 Å². The molecule has 1 aromatic rings. The van der Waals surface area contributed by atoms with Crippen LogP contribution < -0.4 is 0 Å². The molecule has 25 heavy (non-hydrogen) atoms. The lowest BCUT2D eigenvalue weighted by atomic mass is 10.3. The van der Waals surface area contributed by atoms with Crippen LogP contribution in [0.25, 0.3) is 0 Å². The highest BCUT2D eigenvalue weighted by Gasteiger charge is 2.22. The fraction of sp³-hybridized carbons (Fsp3) is 0.714. The molecule has 0 amide bonds. The van der Waals surface area contributed by atoms with E-state index in [0.717, 1.165) is 16.6 Å². The van der Waals surface area contributed by atoms with Crippen LogP contribution in [-0.2, 0) is 0 Å². The molecule has 1 rings (SSSR count). The fourth-order valence-corrected chi connectivity index (χ4v) is 8.03. The van der Waals surface area contributed by atoms with Crippen molar-refractivity contribution in [3.05, 3.63) is 30.3 Å². The van der Waals surface area contributed by atoms with E-state index in [1.54, 1.807) is 24.3 Å². The first-order chi connectivity index (χ1) is 11.2. The van der Waals surface area contributed by atoms with E-state index in [-0.39, 0.29) is 5.48 Å². The van der Waals surface area contributed by atoms with Crippen molar-refractivity contribution in [1.82, 2.24) is 4.90 Å². The Balaban J connectivity index is -0.000000291. The van der Waals surface area contributed by atoms with Crippen molar-refractivity contribution >= 4 is 8.80 Å². The molecule has 150 valence electrons. The zero-order chi connectivity index (χ0) is 19.1. The number of phenols is 1. The lowest BCUT2D eigenvalue weighted by molar-refractivity contribution is 0.321. The van der Waals surface area contributed by atoms with Crippen LogP contribution in [0.3, 0.4) is 0 Å². The summed E-state index contributed by atoms with van der Waals surface area (Å²) in [6.07, 6.45) is 0. The second-order valence-corrected chi connectivity index (χ2v) is 12.4. The Morgan fingerprint density at radius 3 is 1.16 bits per heavy atom. The molecule has 0 fully saturated rings. The third kappa shape index (κ3) is 16.4. The van der Waals surface area contributed by atoms with E-state index in [1.165, 1.54) is 19.6 Å². The maximum Gasteiger partial charge on any atom is 0.115 e. The number of aromatic hydroxyl groups is 1. The monoisotopic (exact) mass is 371 g/mol. The SMILES string of the molecule is CC(C)[SiH](C(C)C)C(C)C.CCN(CC)CC.O.Oc1ccccc1. The Kier molecular flexibility index (Phi) is 20.8. The molecule has 0 bridgehead atoms. The highest BCUT2D eigenvalue weighted by molar-refractivity contribution is 6.63. The molecule has 0 aliphatic rings. The summed E-state index contributed by atoms with van der Waals surface area (Å²) in [7, 11) is -0.454. The van der Waals surface area contributed by atoms with Crippen LogP contribution in [-0.4, -0.2) is 43.9 Å². The average molecular weight is 372 g/mol. The van der Waals surface area contributed by atoms with Crippen molar-refractivity contribution in [3.8, 4) is 5.75 Å². The molecule has 1 aromatic carbocycles. The molecular weight excluding hydrogens is 326 g/mol. The zero-order valence-corrected chi connectivity index (χ0v) is 19.4. The Morgan fingerprint density at radius 2 is 1.08 bits per heavy atom. The summed E-state index contributed by atoms with van der Waals surface area (Å²) in [5.41, 5.74) is 2.92. The van der Waals surface area contributed by atoms with Gasteiger partial charge in [-0.1, -0.05) is 97.1 Å². The molecule has 0 radical (unpaired) electrons. The summed E-state index contributed by atoms with van der Waals surface area (Å²) in [6.45, 7) is 24.4. The second kappa shape index (κ2) is 18.0. The van der Waals surface area contributed by atoms with Gasteiger partial charge in [-0.3, -0.25) is 0 Å². The number of hydrogen-bond donors (Lipinski definition) is 1. The smallest absolute Gasteiger partial charge is 0.115 e. The van der Waals surface area contributed by atoms with Crippen LogP contribution in [0.2, 0.25) is 16.6 Å². The van der Waals surface area contributed by atoms with Gasteiger partial charge in [0.05, 0.1) is 0 Å². The highest BCUT2D eigenvalue weighted by atomic mass is 28.3. The standard InChI is InChI=1S/C9H22Si.C6H15N.C6H6O.H2O/c1-7(2)10(8(3)4)9(5)6;1-4-7(5-2)6-3;7-6-4-2-1-3-5-6;/h7-10H,1-6H3;4-6H2,1-3H3;1-5,7H;1H2. The summed E-state index contributed by atoms with van der Waals surface area (Å²) in [4.78, 5) is 2.38. The molecule has 0 saturated carbocycles. The van der Waals surface area contributed by atoms with Gasteiger partial charge >= 0.3 is 0 Å². The van der Waals surface area contributed by atoms with Gasteiger partial charge in [0.1, 0.15) is 5.75 Å². The summed E-state index contributed by atoms with van der Waals surface area (Å²) in [5.74, 6) is 0.322. The van der Waals surface area contributed by atoms with Crippen molar-refractivity contribution in [3.63, 3.8) is 0 Å². The number of phenolic OH excluding ortho intramolecular Hbond substituents is 1. The van der Waals surface area contributed by atoms with Gasteiger partial charge in [0.2, 0.25) is 0 Å². The Labute approximate surface area is 159 Å². The van der Waals surface area contributed by atoms with Crippen molar-refractivity contribution < 1.29 is 10.6 Å². The Bertz CT molecular complexity index is 341. The van der Waals surface area contributed by atoms with E-state index >= 15 is 0 Å². The maximum atomic E-state index is 8.63. The third-order valence-corrected chi connectivity index (χ3v) is 9.03. The third-order valence-electron chi connectivity index (χ3n) is 4.41. The lowest BCUT2D eigenvalue weighted by Crippen LogP contribution is -2.24. The average Bonchev–Trinajstić information content (AvgIpc) is 2.49. The Hall–Kier alpha value is -0.843. The molecule has 3 nitrogen and oxygen atoms in total. The predicted octanol–water partition coefficient (Wildman–Crippen LogP) is 5.36. The van der Waals surface area contributed by atoms with Gasteiger partial charge in [-0.05, 0) is 31.8 Å². The van der Waals surface area contributed by atoms with E-state index < -0.39 is 8.80 Å². The molecule has 0 spiro atoms. The normalized spacial score (nSPS) is 10.3. The van der Waals surface area contributed by atoms with E-state index in [9.17, 15) is 0 Å². The molecule has 0 aliphatic carbocycles. The molecule has 0 aromatic heterocycles. The van der Waals surface area contributed by atoms with E-state index in [0.29, 0.717) is 5.75 Å². The summed E-state index contributed by atoms with van der Waals surface area (Å²) in [5, 5.41) is 8.63. The molecule has 0 atom stereocenters. The molecule has 0 unspecified atom stereocenters. The first-order valence-electron chi connectivity index (χ1n) is 9.67. The second-order valence-electron chi connectivity index (χ2n) is 7.26. The number of rotatable bonds is 6. The van der Waals surface area contributed by atoms with Crippen molar-refractivity contribution in [2.75, 3.05) is 19.6 Å². The van der Waals surface area contributed by atoms with Crippen LogP contribution in [0.5, 0.6) is 5.75 Å². The van der Waals surface area contributed by atoms with Gasteiger partial charge in [0.15, 0.2) is 0 Å². The van der Waals surface area contributed by atoms with Crippen LogP contribution in [0, 0.1) is 0 Å². The van der Waals surface area contributed by atoms with Gasteiger partial charge in [-0.15, -0.1) is 0 Å². The minimum absolute atomic E-state index is 0. The first kappa shape index (κ1) is 28.9. The molecule has 0 aliphatic heterocycles. The van der Waals surface area contributed by atoms with E-state index in [1.807, 2.05) is 6.07 Å². The highest BCUT2D eigenvalue weighted by Crippen LogP contribution is 2.29. The first-order valence-corrected chi connectivity index (χ1v) is 11.7. The van der Waals surface area contributed by atoms with Crippen LogP contribution >= 0.6 is 0 Å². The molecule has 4 heteroatoms. The largest absolute Gasteiger partial charge is 0.508 e. The fourth-order valence-electron chi connectivity index (χ4n) is 3.41. The van der Waals surface area contributed by atoms with Crippen molar-refractivity contribution in [2.24, 2.45) is 0 Å². The number of nitrogens with zero attached hydrogens (tertiary/aromatic N) is 1. The van der Waals surface area contributed by atoms with E-state index in [4.69, 9.17) is 5.11 Å². The molecule has 0 heterocycles. The summed E-state index contributed by atoms with van der Waals surface area (Å²) in [6, 6.07) is 8.71. The van der Waals surface area contributed by atoms with Crippen LogP contribution in [0.1, 0.15) is 62.3 Å². The number of benzene rings is 1. The number of para-hydroxylation sites is 1.